The summed E-state index contributed by atoms with van der Waals surface area (Å²) in [6, 6.07) is 13.6. The van der Waals surface area contributed by atoms with Gasteiger partial charge in [-0.15, -0.1) is 0 Å². The van der Waals surface area contributed by atoms with Gasteiger partial charge in [-0.2, -0.15) is 0 Å². The molecule has 1 aliphatic rings. The third-order valence-electron chi connectivity index (χ3n) is 4.83. The lowest BCUT2D eigenvalue weighted by Crippen LogP contribution is -2.31. The average Bonchev–Trinajstić information content (AvgIpc) is 2.97. The van der Waals surface area contributed by atoms with Crippen molar-refractivity contribution in [2.24, 2.45) is 0 Å². The van der Waals surface area contributed by atoms with Gasteiger partial charge >= 0.3 is 0 Å². The van der Waals surface area contributed by atoms with Crippen LogP contribution >= 0.6 is 11.8 Å². The minimum atomic E-state index is -0.335. The number of carbonyl (C=O) groups is 2. The quantitative estimate of drug-likeness (QED) is 0.354. The smallest absolute Gasteiger partial charge is 0.262 e. The Morgan fingerprint density at radius 2 is 1.62 bits per heavy atom. The summed E-state index contributed by atoms with van der Waals surface area (Å²) in [7, 11) is 1.57. The molecule has 29 heavy (non-hydrogen) atoms. The molecule has 0 fully saturated rings. The number of carbonyl (C=O) groups excluding carboxylic acids is 2. The van der Waals surface area contributed by atoms with Gasteiger partial charge in [-0.05, 0) is 31.2 Å². The van der Waals surface area contributed by atoms with Crippen molar-refractivity contribution in [2.75, 3.05) is 19.6 Å². The Hall–Kier alpha value is -2.97. The van der Waals surface area contributed by atoms with E-state index in [1.807, 2.05) is 13.0 Å². The lowest BCUT2D eigenvalue weighted by Gasteiger charge is -2.20. The molecule has 0 saturated carbocycles. The fourth-order valence-corrected chi connectivity index (χ4v) is 4.45. The first kappa shape index (κ1) is 19.4. The second kappa shape index (κ2) is 7.81. The molecule has 0 saturated heterocycles. The van der Waals surface area contributed by atoms with Crippen molar-refractivity contribution in [3.8, 4) is 0 Å². The van der Waals surface area contributed by atoms with E-state index in [1.54, 1.807) is 54.1 Å². The lowest BCUT2D eigenvalue weighted by molar-refractivity contribution is 0.0684. The van der Waals surface area contributed by atoms with E-state index < -0.39 is 0 Å². The molecular formula is C21H19N3O4S. The lowest BCUT2D eigenvalue weighted by atomic mass is 10.1. The number of imide groups is 1. The summed E-state index contributed by atoms with van der Waals surface area (Å²) in [4.78, 5) is 44.1. The highest BCUT2D eigenvalue weighted by Crippen LogP contribution is 2.27. The Morgan fingerprint density at radius 3 is 2.28 bits per heavy atom. The summed E-state index contributed by atoms with van der Waals surface area (Å²) in [5.41, 5.74) is 1.19. The Bertz CT molecular complexity index is 1140. The van der Waals surface area contributed by atoms with Crippen molar-refractivity contribution in [3.05, 3.63) is 70.0 Å². The van der Waals surface area contributed by atoms with Crippen LogP contribution in [0.1, 0.15) is 33.7 Å². The van der Waals surface area contributed by atoms with Crippen molar-refractivity contribution in [1.82, 2.24) is 14.5 Å². The summed E-state index contributed by atoms with van der Waals surface area (Å²) in [6.45, 7) is 2.20. The Balaban J connectivity index is 1.69. The molecule has 1 aromatic heterocycles. The van der Waals surface area contributed by atoms with Gasteiger partial charge in [-0.3, -0.25) is 23.9 Å². The molecule has 2 heterocycles. The van der Waals surface area contributed by atoms with Gasteiger partial charge in [0.25, 0.3) is 17.4 Å². The zero-order valence-corrected chi connectivity index (χ0v) is 16.8. The SMILES string of the molecule is COC[C@H](C)n1c(SCN2C(=O)c3ccccc3C2=O)nc2ccccc2c1=O. The fraction of sp³-hybridized carbons (Fsp3) is 0.238. The first-order valence-electron chi connectivity index (χ1n) is 9.11. The summed E-state index contributed by atoms with van der Waals surface area (Å²) in [6.07, 6.45) is 0. The molecule has 4 rings (SSSR count). The number of methoxy groups -OCH3 is 1. The highest BCUT2D eigenvalue weighted by molar-refractivity contribution is 7.99. The highest BCUT2D eigenvalue weighted by Gasteiger charge is 2.35. The van der Waals surface area contributed by atoms with Gasteiger partial charge in [0, 0.05) is 7.11 Å². The van der Waals surface area contributed by atoms with Crippen LogP contribution in [0.4, 0.5) is 0 Å². The Labute approximate surface area is 171 Å². The molecular weight excluding hydrogens is 390 g/mol. The standard InChI is InChI=1S/C21H19N3O4S/c1-13(11-28-2)24-20(27)16-9-5-6-10-17(16)22-21(24)29-12-23-18(25)14-7-3-4-8-15(14)19(23)26/h3-10,13H,11-12H2,1-2H3/t13-/m0/s1. The monoisotopic (exact) mass is 409 g/mol. The topological polar surface area (TPSA) is 81.5 Å². The first-order valence-corrected chi connectivity index (χ1v) is 10.1. The maximum Gasteiger partial charge on any atom is 0.262 e. The van der Waals surface area contributed by atoms with Crippen LogP contribution < -0.4 is 5.56 Å². The molecule has 0 N–H and O–H groups in total. The average molecular weight is 409 g/mol. The molecule has 0 unspecified atom stereocenters. The van der Waals surface area contributed by atoms with E-state index in [2.05, 4.69) is 4.98 Å². The largest absolute Gasteiger partial charge is 0.383 e. The number of thioether (sulfide) groups is 1. The second-order valence-corrected chi connectivity index (χ2v) is 7.66. The van der Waals surface area contributed by atoms with Gasteiger partial charge in [0.05, 0.1) is 40.6 Å². The summed E-state index contributed by atoms with van der Waals surface area (Å²) in [5, 5.41) is 0.954. The molecule has 7 nitrogen and oxygen atoms in total. The third-order valence-corrected chi connectivity index (χ3v) is 5.76. The van der Waals surface area contributed by atoms with E-state index in [9.17, 15) is 14.4 Å². The molecule has 1 aliphatic heterocycles. The zero-order chi connectivity index (χ0) is 20.5. The van der Waals surface area contributed by atoms with Crippen LogP contribution in [0.25, 0.3) is 10.9 Å². The van der Waals surface area contributed by atoms with E-state index in [4.69, 9.17) is 4.74 Å². The normalized spacial score (nSPS) is 14.5. The van der Waals surface area contributed by atoms with Crippen molar-refractivity contribution in [1.29, 1.82) is 0 Å². The minimum Gasteiger partial charge on any atom is -0.383 e. The molecule has 148 valence electrons. The number of amides is 2. The van der Waals surface area contributed by atoms with Crippen molar-refractivity contribution in [2.45, 2.75) is 18.1 Å². The molecule has 0 radical (unpaired) electrons. The van der Waals surface area contributed by atoms with Crippen molar-refractivity contribution in [3.63, 3.8) is 0 Å². The number of nitrogens with zero attached hydrogens (tertiary/aromatic N) is 3. The van der Waals surface area contributed by atoms with Crippen LogP contribution in [0.15, 0.2) is 58.5 Å². The van der Waals surface area contributed by atoms with Gasteiger partial charge < -0.3 is 4.74 Å². The predicted octanol–water partition coefficient (Wildman–Crippen LogP) is 2.95. The van der Waals surface area contributed by atoms with Crippen LogP contribution in [0, 0.1) is 0 Å². The number of rotatable bonds is 6. The highest BCUT2D eigenvalue weighted by atomic mass is 32.2. The van der Waals surface area contributed by atoms with Crippen molar-refractivity contribution < 1.29 is 14.3 Å². The van der Waals surface area contributed by atoms with Crippen molar-refractivity contribution >= 4 is 34.5 Å². The van der Waals surface area contributed by atoms with Gasteiger partial charge in [0.1, 0.15) is 0 Å². The number of hydrogen-bond acceptors (Lipinski definition) is 6. The van der Waals surface area contributed by atoms with E-state index in [0.717, 1.165) is 0 Å². The van der Waals surface area contributed by atoms with E-state index >= 15 is 0 Å². The molecule has 0 aliphatic carbocycles. The van der Waals surface area contributed by atoms with Crippen LogP contribution in [0.2, 0.25) is 0 Å². The van der Waals surface area contributed by atoms with Crippen LogP contribution in [0.3, 0.4) is 0 Å². The zero-order valence-electron chi connectivity index (χ0n) is 16.0. The van der Waals surface area contributed by atoms with Gasteiger partial charge in [-0.1, -0.05) is 36.0 Å². The van der Waals surface area contributed by atoms with Gasteiger partial charge in [0.15, 0.2) is 5.16 Å². The molecule has 8 heteroatoms. The van der Waals surface area contributed by atoms with Crippen LogP contribution in [-0.2, 0) is 4.74 Å². The molecule has 2 amide bonds. The Kier molecular flexibility index (Phi) is 5.21. The number of aromatic nitrogens is 2. The summed E-state index contributed by atoms with van der Waals surface area (Å²) >= 11 is 1.19. The predicted molar refractivity (Wildman–Crippen MR) is 110 cm³/mol. The van der Waals surface area contributed by atoms with E-state index in [-0.39, 0.29) is 29.3 Å². The van der Waals surface area contributed by atoms with Gasteiger partial charge in [-0.25, -0.2) is 4.98 Å². The third kappa shape index (κ3) is 3.34. The first-order chi connectivity index (χ1) is 14.0. The fourth-order valence-electron chi connectivity index (χ4n) is 3.41. The number of hydrogen-bond donors (Lipinski definition) is 0. The maximum atomic E-state index is 13.1. The molecule has 2 aromatic carbocycles. The summed E-state index contributed by atoms with van der Waals surface area (Å²) in [5.74, 6) is -0.605. The number of benzene rings is 2. The molecule has 0 spiro atoms. The van der Waals surface area contributed by atoms with E-state index in [1.165, 1.54) is 16.7 Å². The van der Waals surface area contributed by atoms with Crippen LogP contribution in [0.5, 0.6) is 0 Å². The Morgan fingerprint density at radius 1 is 1.00 bits per heavy atom. The van der Waals surface area contributed by atoms with E-state index in [0.29, 0.717) is 33.8 Å². The number of para-hydroxylation sites is 1. The molecule has 3 aromatic rings. The second-order valence-electron chi connectivity index (χ2n) is 6.75. The van der Waals surface area contributed by atoms with Crippen LogP contribution in [-0.4, -0.2) is 45.9 Å². The number of ether oxygens (including phenoxy) is 1. The van der Waals surface area contributed by atoms with Gasteiger partial charge in [0.2, 0.25) is 0 Å². The minimum absolute atomic E-state index is 0.0663. The molecule has 0 bridgehead atoms. The maximum absolute atomic E-state index is 13.1. The number of fused-ring (bicyclic) bond motifs is 2. The molecule has 1 atom stereocenters. The summed E-state index contributed by atoms with van der Waals surface area (Å²) < 4.78 is 6.78.